The molecule has 1 aromatic rings. The molecule has 0 radical (unpaired) electrons. The average Bonchev–Trinajstić information content (AvgIpc) is 2.17. The maximum Gasteiger partial charge on any atom is 0.130 e. The third kappa shape index (κ3) is 4.02. The van der Waals surface area contributed by atoms with Crippen LogP contribution in [0.15, 0.2) is 30.2 Å². The lowest BCUT2D eigenvalue weighted by Gasteiger charge is -2.10. The van der Waals surface area contributed by atoms with E-state index >= 15 is 0 Å². The van der Waals surface area contributed by atoms with Crippen LogP contribution in [0.4, 0.5) is 0 Å². The molecule has 0 saturated carbocycles. The number of hydrogen-bond donors (Lipinski definition) is 0. The summed E-state index contributed by atoms with van der Waals surface area (Å²) < 4.78 is 0. The first-order chi connectivity index (χ1) is 7.09. The summed E-state index contributed by atoms with van der Waals surface area (Å²) in [5.41, 5.74) is 2.04. The number of hydrogen-bond acceptors (Lipinski definition) is 3. The molecule has 15 heavy (non-hydrogen) atoms. The Morgan fingerprint density at radius 3 is 2.60 bits per heavy atom. The van der Waals surface area contributed by atoms with Gasteiger partial charge in [-0.25, -0.2) is 0 Å². The first-order valence-electron chi connectivity index (χ1n) is 5.00. The van der Waals surface area contributed by atoms with Gasteiger partial charge in [0, 0.05) is 30.9 Å². The molecule has 0 amide bonds. The van der Waals surface area contributed by atoms with Crippen molar-refractivity contribution in [2.75, 3.05) is 0 Å². The molecule has 1 atom stereocenters. The van der Waals surface area contributed by atoms with Crippen molar-refractivity contribution in [3.63, 3.8) is 0 Å². The van der Waals surface area contributed by atoms with Gasteiger partial charge in [-0.3, -0.25) is 14.8 Å². The quantitative estimate of drug-likeness (QED) is 0.708. The van der Waals surface area contributed by atoms with E-state index in [4.69, 9.17) is 0 Å². The summed E-state index contributed by atoms with van der Waals surface area (Å²) in [5.74, 6) is 0.226. The number of ketones is 1. The van der Waals surface area contributed by atoms with Gasteiger partial charge < -0.3 is 0 Å². The number of nitrogens with zero attached hydrogens (tertiary/aromatic N) is 2. The number of Topliss-reactive ketones (excluding diaryl/α,β-unsaturated/α-hetero) is 1. The fraction of sp³-hybridized carbons (Fsp3) is 0.417. The van der Waals surface area contributed by atoms with E-state index in [1.54, 1.807) is 25.5 Å². The fourth-order valence-corrected chi connectivity index (χ4v) is 1.46. The van der Waals surface area contributed by atoms with Gasteiger partial charge in [-0.1, -0.05) is 11.6 Å². The zero-order valence-corrected chi connectivity index (χ0v) is 9.40. The molecule has 0 fully saturated rings. The van der Waals surface area contributed by atoms with Crippen molar-refractivity contribution >= 4 is 5.78 Å². The molecular formula is C12H16N2O. The second-order valence-corrected chi connectivity index (χ2v) is 3.89. The second kappa shape index (κ2) is 5.39. The van der Waals surface area contributed by atoms with Gasteiger partial charge in [0.2, 0.25) is 0 Å². The maximum atomic E-state index is 11.1. The van der Waals surface area contributed by atoms with Crippen molar-refractivity contribution in [2.24, 2.45) is 0 Å². The molecule has 0 aliphatic heterocycles. The zero-order chi connectivity index (χ0) is 11.3. The van der Waals surface area contributed by atoms with E-state index in [1.165, 1.54) is 5.57 Å². The van der Waals surface area contributed by atoms with Gasteiger partial charge in [-0.05, 0) is 20.8 Å². The van der Waals surface area contributed by atoms with Gasteiger partial charge >= 0.3 is 0 Å². The number of allylic oxidation sites excluding steroid dienone is 2. The molecule has 0 saturated heterocycles. The Morgan fingerprint density at radius 1 is 1.40 bits per heavy atom. The Balaban J connectivity index is 2.91. The lowest BCUT2D eigenvalue weighted by Crippen LogP contribution is -2.04. The lowest BCUT2D eigenvalue weighted by molar-refractivity contribution is -0.117. The minimum Gasteiger partial charge on any atom is -0.300 e. The Kier molecular flexibility index (Phi) is 4.16. The summed E-state index contributed by atoms with van der Waals surface area (Å²) in [6.45, 7) is 5.63. The summed E-state index contributed by atoms with van der Waals surface area (Å²) >= 11 is 0. The van der Waals surface area contributed by atoms with E-state index in [0.29, 0.717) is 6.42 Å². The third-order valence-corrected chi connectivity index (χ3v) is 2.00. The molecule has 3 heteroatoms. The smallest absolute Gasteiger partial charge is 0.130 e. The van der Waals surface area contributed by atoms with Crippen LogP contribution in [0.2, 0.25) is 0 Å². The summed E-state index contributed by atoms with van der Waals surface area (Å²) in [5, 5.41) is 0. The van der Waals surface area contributed by atoms with E-state index in [2.05, 4.69) is 16.0 Å². The molecule has 0 aliphatic rings. The predicted molar refractivity (Wildman–Crippen MR) is 59.5 cm³/mol. The fourth-order valence-electron chi connectivity index (χ4n) is 1.46. The van der Waals surface area contributed by atoms with Crippen LogP contribution in [0.3, 0.4) is 0 Å². The van der Waals surface area contributed by atoms with Crippen molar-refractivity contribution < 1.29 is 4.79 Å². The summed E-state index contributed by atoms with van der Waals surface area (Å²) in [7, 11) is 0. The minimum atomic E-state index is 0.0567. The van der Waals surface area contributed by atoms with E-state index in [1.807, 2.05) is 13.8 Å². The normalized spacial score (nSPS) is 11.9. The maximum absolute atomic E-state index is 11.1. The molecule has 0 unspecified atom stereocenters. The Morgan fingerprint density at radius 2 is 2.13 bits per heavy atom. The van der Waals surface area contributed by atoms with Gasteiger partial charge in [-0.2, -0.15) is 0 Å². The molecule has 0 aromatic carbocycles. The minimum absolute atomic E-state index is 0.0567. The van der Waals surface area contributed by atoms with Gasteiger partial charge in [-0.15, -0.1) is 0 Å². The number of carbonyl (C=O) groups excluding carboxylic acids is 1. The van der Waals surface area contributed by atoms with Gasteiger partial charge in [0.1, 0.15) is 5.78 Å². The predicted octanol–water partition coefficient (Wildman–Crippen LogP) is 2.51. The van der Waals surface area contributed by atoms with E-state index in [-0.39, 0.29) is 11.7 Å². The molecule has 1 rings (SSSR count). The van der Waals surface area contributed by atoms with E-state index < -0.39 is 0 Å². The summed E-state index contributed by atoms with van der Waals surface area (Å²) in [6, 6.07) is 0. The standard InChI is InChI=1S/C12H16N2O/c1-9(2)6-11(7-10(3)15)12-8-13-4-5-14-12/h4-6,8,11H,7H2,1-3H3/t11-/m1/s1. The topological polar surface area (TPSA) is 42.9 Å². The van der Waals surface area contributed by atoms with Crippen molar-refractivity contribution in [2.45, 2.75) is 33.1 Å². The van der Waals surface area contributed by atoms with Crippen LogP contribution < -0.4 is 0 Å². The van der Waals surface area contributed by atoms with Crippen molar-refractivity contribution in [1.82, 2.24) is 9.97 Å². The van der Waals surface area contributed by atoms with Crippen molar-refractivity contribution in [1.29, 1.82) is 0 Å². The van der Waals surface area contributed by atoms with Gasteiger partial charge in [0.15, 0.2) is 0 Å². The van der Waals surface area contributed by atoms with Gasteiger partial charge in [0.05, 0.1) is 5.69 Å². The van der Waals surface area contributed by atoms with Crippen LogP contribution in [-0.2, 0) is 4.79 Å². The average molecular weight is 204 g/mol. The second-order valence-electron chi connectivity index (χ2n) is 3.89. The van der Waals surface area contributed by atoms with Gasteiger partial charge in [0.25, 0.3) is 0 Å². The highest BCUT2D eigenvalue weighted by Crippen LogP contribution is 2.20. The van der Waals surface area contributed by atoms with Crippen LogP contribution in [0.25, 0.3) is 0 Å². The van der Waals surface area contributed by atoms with Crippen LogP contribution in [0.1, 0.15) is 38.8 Å². The molecule has 1 heterocycles. The van der Waals surface area contributed by atoms with E-state index in [9.17, 15) is 4.79 Å². The molecule has 0 aliphatic carbocycles. The molecule has 80 valence electrons. The van der Waals surface area contributed by atoms with Crippen LogP contribution in [0.5, 0.6) is 0 Å². The largest absolute Gasteiger partial charge is 0.300 e. The Bertz CT molecular complexity index is 353. The third-order valence-electron chi connectivity index (χ3n) is 2.00. The highest BCUT2D eigenvalue weighted by atomic mass is 16.1. The lowest BCUT2D eigenvalue weighted by atomic mass is 9.97. The molecule has 1 aromatic heterocycles. The highest BCUT2D eigenvalue weighted by molar-refractivity contribution is 5.76. The van der Waals surface area contributed by atoms with Crippen LogP contribution >= 0.6 is 0 Å². The Labute approximate surface area is 90.3 Å². The molecule has 0 N–H and O–H groups in total. The van der Waals surface area contributed by atoms with Crippen LogP contribution in [0, 0.1) is 0 Å². The van der Waals surface area contributed by atoms with Crippen molar-refractivity contribution in [3.05, 3.63) is 35.9 Å². The highest BCUT2D eigenvalue weighted by Gasteiger charge is 2.12. The number of rotatable bonds is 4. The Hall–Kier alpha value is -1.51. The zero-order valence-electron chi connectivity index (χ0n) is 9.40. The number of aromatic nitrogens is 2. The first kappa shape index (κ1) is 11.6. The molecular weight excluding hydrogens is 188 g/mol. The summed E-state index contributed by atoms with van der Waals surface area (Å²) in [6.07, 6.45) is 7.56. The molecule has 0 spiro atoms. The van der Waals surface area contributed by atoms with Crippen LogP contribution in [-0.4, -0.2) is 15.8 Å². The molecule has 0 bridgehead atoms. The monoisotopic (exact) mass is 204 g/mol. The van der Waals surface area contributed by atoms with E-state index in [0.717, 1.165) is 5.69 Å². The number of carbonyl (C=O) groups is 1. The summed E-state index contributed by atoms with van der Waals surface area (Å²) in [4.78, 5) is 19.4. The van der Waals surface area contributed by atoms with Crippen molar-refractivity contribution in [3.8, 4) is 0 Å². The first-order valence-corrected chi connectivity index (χ1v) is 5.00. The molecule has 3 nitrogen and oxygen atoms in total. The SMILES string of the molecule is CC(=O)C[C@@H](C=C(C)C)c1cnccn1.